The fraction of sp³-hybridized carbons (Fsp3) is 0.462. The van der Waals surface area contributed by atoms with Crippen LogP contribution < -0.4 is 0 Å². The lowest BCUT2D eigenvalue weighted by Crippen LogP contribution is -2.14. The molecule has 0 aliphatic heterocycles. The molecule has 2 heteroatoms. The van der Waals surface area contributed by atoms with E-state index < -0.39 is 0 Å². The molecule has 1 aromatic carbocycles. The number of rotatable bonds is 4. The Morgan fingerprint density at radius 2 is 1.93 bits per heavy atom. The predicted octanol–water partition coefficient (Wildman–Crippen LogP) is 3.05. The van der Waals surface area contributed by atoms with E-state index in [1.807, 2.05) is 31.2 Å². The van der Waals surface area contributed by atoms with Crippen molar-refractivity contribution >= 4 is 5.97 Å². The van der Waals surface area contributed by atoms with Crippen molar-refractivity contribution in [1.82, 2.24) is 0 Å². The third kappa shape index (κ3) is 3.08. The Labute approximate surface area is 91.3 Å². The van der Waals surface area contributed by atoms with Gasteiger partial charge in [0.25, 0.3) is 0 Å². The molecule has 0 unspecified atom stereocenters. The van der Waals surface area contributed by atoms with E-state index in [9.17, 15) is 4.79 Å². The van der Waals surface area contributed by atoms with Gasteiger partial charge < -0.3 is 4.74 Å². The van der Waals surface area contributed by atoms with Crippen LogP contribution >= 0.6 is 0 Å². The molecule has 2 nitrogen and oxygen atoms in total. The van der Waals surface area contributed by atoms with Crippen LogP contribution in [-0.4, -0.2) is 13.1 Å². The Morgan fingerprint density at radius 3 is 2.40 bits per heavy atom. The van der Waals surface area contributed by atoms with Crippen LogP contribution in [-0.2, 0) is 9.53 Å². The summed E-state index contributed by atoms with van der Waals surface area (Å²) in [5.74, 6) is -0.249. The van der Waals surface area contributed by atoms with Gasteiger partial charge in [-0.05, 0) is 18.9 Å². The molecule has 0 bridgehead atoms. The summed E-state index contributed by atoms with van der Waals surface area (Å²) in [7, 11) is 1.44. The summed E-state index contributed by atoms with van der Waals surface area (Å²) in [6.07, 6.45) is 1.82. The van der Waals surface area contributed by atoms with Crippen LogP contribution in [0.1, 0.15) is 36.8 Å². The van der Waals surface area contributed by atoms with Gasteiger partial charge in [0.15, 0.2) is 0 Å². The number of hydrogen-bond donors (Lipinski definition) is 0. The van der Waals surface area contributed by atoms with E-state index in [2.05, 4.69) is 6.92 Å². The maximum atomic E-state index is 11.6. The van der Waals surface area contributed by atoms with Crippen molar-refractivity contribution < 1.29 is 9.53 Å². The number of aryl methyl sites for hydroxylation is 1. The molecule has 0 saturated carbocycles. The van der Waals surface area contributed by atoms with Gasteiger partial charge >= 0.3 is 5.97 Å². The minimum Gasteiger partial charge on any atom is -0.469 e. The molecule has 0 spiro atoms. The smallest absolute Gasteiger partial charge is 0.313 e. The van der Waals surface area contributed by atoms with E-state index in [-0.39, 0.29) is 11.9 Å². The summed E-state index contributed by atoms with van der Waals surface area (Å²) in [4.78, 5) is 11.6. The Hall–Kier alpha value is -1.31. The lowest BCUT2D eigenvalue weighted by Gasteiger charge is -2.14. The molecule has 15 heavy (non-hydrogen) atoms. The first kappa shape index (κ1) is 11.8. The number of methoxy groups -OCH3 is 1. The Morgan fingerprint density at radius 1 is 1.33 bits per heavy atom. The standard InChI is InChI=1S/C13H18O2/c1-4-5-12(13(14)15-3)11-8-6-10(2)7-9-11/h6-9,12H,4-5H2,1-3H3/t12-/m1/s1. The molecule has 0 fully saturated rings. The molecular weight excluding hydrogens is 188 g/mol. The van der Waals surface area contributed by atoms with E-state index in [0.717, 1.165) is 18.4 Å². The molecule has 0 aliphatic rings. The average molecular weight is 206 g/mol. The van der Waals surface area contributed by atoms with Crippen molar-refractivity contribution in [2.45, 2.75) is 32.6 Å². The minimum absolute atomic E-state index is 0.111. The third-order valence-corrected chi connectivity index (χ3v) is 2.54. The number of esters is 1. The van der Waals surface area contributed by atoms with Crippen molar-refractivity contribution in [1.29, 1.82) is 0 Å². The molecule has 1 rings (SSSR count). The molecule has 1 aromatic rings. The maximum absolute atomic E-state index is 11.6. The Kier molecular flexibility index (Phi) is 4.35. The van der Waals surface area contributed by atoms with Crippen molar-refractivity contribution in [3.05, 3.63) is 35.4 Å². The molecule has 0 aliphatic carbocycles. The zero-order valence-corrected chi connectivity index (χ0v) is 9.62. The first-order chi connectivity index (χ1) is 7.19. The number of benzene rings is 1. The van der Waals surface area contributed by atoms with Crippen LogP contribution in [0.4, 0.5) is 0 Å². The number of hydrogen-bond acceptors (Lipinski definition) is 2. The van der Waals surface area contributed by atoms with Gasteiger partial charge in [0.1, 0.15) is 0 Å². The van der Waals surface area contributed by atoms with Gasteiger partial charge in [0, 0.05) is 0 Å². The van der Waals surface area contributed by atoms with E-state index >= 15 is 0 Å². The van der Waals surface area contributed by atoms with Gasteiger partial charge in [0.05, 0.1) is 13.0 Å². The zero-order chi connectivity index (χ0) is 11.3. The first-order valence-electron chi connectivity index (χ1n) is 5.33. The molecule has 0 saturated heterocycles. The van der Waals surface area contributed by atoms with E-state index in [1.165, 1.54) is 12.7 Å². The Balaban J connectivity index is 2.88. The highest BCUT2D eigenvalue weighted by molar-refractivity contribution is 5.77. The van der Waals surface area contributed by atoms with Crippen molar-refractivity contribution in [2.24, 2.45) is 0 Å². The second-order valence-corrected chi connectivity index (χ2v) is 3.78. The van der Waals surface area contributed by atoms with Gasteiger partial charge in [0.2, 0.25) is 0 Å². The summed E-state index contributed by atoms with van der Waals surface area (Å²) >= 11 is 0. The first-order valence-corrected chi connectivity index (χ1v) is 5.33. The van der Waals surface area contributed by atoms with Crippen molar-refractivity contribution in [3.8, 4) is 0 Å². The summed E-state index contributed by atoms with van der Waals surface area (Å²) in [6, 6.07) is 8.07. The SMILES string of the molecule is CCC[C@@H](C(=O)OC)c1ccc(C)cc1. The van der Waals surface area contributed by atoms with E-state index in [0.29, 0.717) is 0 Å². The zero-order valence-electron chi connectivity index (χ0n) is 9.62. The molecule has 0 heterocycles. The molecule has 1 atom stereocenters. The fourth-order valence-electron chi connectivity index (χ4n) is 1.65. The molecule has 0 amide bonds. The monoisotopic (exact) mass is 206 g/mol. The highest BCUT2D eigenvalue weighted by Crippen LogP contribution is 2.22. The highest BCUT2D eigenvalue weighted by atomic mass is 16.5. The molecule has 0 radical (unpaired) electrons. The van der Waals surface area contributed by atoms with Crippen molar-refractivity contribution in [3.63, 3.8) is 0 Å². The summed E-state index contributed by atoms with van der Waals surface area (Å²) in [6.45, 7) is 4.11. The van der Waals surface area contributed by atoms with Crippen LogP contribution in [0.25, 0.3) is 0 Å². The number of ether oxygens (including phenoxy) is 1. The highest BCUT2D eigenvalue weighted by Gasteiger charge is 2.19. The molecular formula is C13H18O2. The normalized spacial score (nSPS) is 12.2. The van der Waals surface area contributed by atoms with Gasteiger partial charge in [-0.2, -0.15) is 0 Å². The fourth-order valence-corrected chi connectivity index (χ4v) is 1.65. The van der Waals surface area contributed by atoms with Gasteiger partial charge in [-0.15, -0.1) is 0 Å². The van der Waals surface area contributed by atoms with Gasteiger partial charge in [-0.25, -0.2) is 0 Å². The number of carbonyl (C=O) groups excluding carboxylic acids is 1. The van der Waals surface area contributed by atoms with Gasteiger partial charge in [-0.3, -0.25) is 4.79 Å². The minimum atomic E-state index is -0.138. The third-order valence-electron chi connectivity index (χ3n) is 2.54. The van der Waals surface area contributed by atoms with Crippen molar-refractivity contribution in [2.75, 3.05) is 7.11 Å². The van der Waals surface area contributed by atoms with Crippen LogP contribution in [0.5, 0.6) is 0 Å². The number of carbonyl (C=O) groups is 1. The summed E-state index contributed by atoms with van der Waals surface area (Å²) in [5.41, 5.74) is 2.26. The predicted molar refractivity (Wildman–Crippen MR) is 60.8 cm³/mol. The summed E-state index contributed by atoms with van der Waals surface area (Å²) < 4.78 is 4.81. The lowest BCUT2D eigenvalue weighted by atomic mass is 9.94. The largest absolute Gasteiger partial charge is 0.469 e. The molecule has 0 N–H and O–H groups in total. The van der Waals surface area contributed by atoms with E-state index in [1.54, 1.807) is 0 Å². The Bertz CT molecular complexity index is 314. The summed E-state index contributed by atoms with van der Waals surface area (Å²) in [5, 5.41) is 0. The quantitative estimate of drug-likeness (QED) is 0.708. The van der Waals surface area contributed by atoms with E-state index in [4.69, 9.17) is 4.74 Å². The second-order valence-electron chi connectivity index (χ2n) is 3.78. The topological polar surface area (TPSA) is 26.3 Å². The molecule has 82 valence electrons. The maximum Gasteiger partial charge on any atom is 0.313 e. The van der Waals surface area contributed by atoms with Crippen LogP contribution in [0.3, 0.4) is 0 Å². The van der Waals surface area contributed by atoms with Gasteiger partial charge in [-0.1, -0.05) is 43.2 Å². The van der Waals surface area contributed by atoms with Crippen LogP contribution in [0, 0.1) is 6.92 Å². The van der Waals surface area contributed by atoms with Crippen LogP contribution in [0.2, 0.25) is 0 Å². The molecule has 0 aromatic heterocycles. The van der Waals surface area contributed by atoms with Crippen LogP contribution in [0.15, 0.2) is 24.3 Å². The lowest BCUT2D eigenvalue weighted by molar-refractivity contribution is -0.142. The average Bonchev–Trinajstić information content (AvgIpc) is 2.26. The second kappa shape index (κ2) is 5.54.